The van der Waals surface area contributed by atoms with Crippen LogP contribution in [0.1, 0.15) is 50.5 Å². The van der Waals surface area contributed by atoms with Gasteiger partial charge in [-0.05, 0) is 30.0 Å². The lowest BCUT2D eigenvalue weighted by Gasteiger charge is -2.31. The third-order valence-electron chi connectivity index (χ3n) is 4.51. The normalized spacial score (nSPS) is 27.7. The minimum atomic E-state index is -0.500. The summed E-state index contributed by atoms with van der Waals surface area (Å²) in [6.45, 7) is 0. The molecule has 2 aliphatic rings. The Hall–Kier alpha value is -1.38. The van der Waals surface area contributed by atoms with Crippen LogP contribution in [0.4, 0.5) is 4.39 Å². The first kappa shape index (κ1) is 12.6. The fraction of sp³-hybridized carbons (Fsp3) is 0.562. The average molecular weight is 262 g/mol. The van der Waals surface area contributed by atoms with E-state index in [9.17, 15) is 9.18 Å². The van der Waals surface area contributed by atoms with Crippen molar-refractivity contribution >= 4 is 5.97 Å². The van der Waals surface area contributed by atoms with Crippen molar-refractivity contribution in [1.82, 2.24) is 0 Å². The standard InChI is InChI=1S/C16H19FO2/c17-14-7-5-13(6-8-14)16(10-9-15(18)19-16)11-12-3-1-2-4-12/h5-8,12H,1-4,9-11H2/t16-/m0/s1. The molecule has 1 aromatic rings. The van der Waals surface area contributed by atoms with Gasteiger partial charge in [-0.3, -0.25) is 4.79 Å². The van der Waals surface area contributed by atoms with Crippen molar-refractivity contribution in [1.29, 1.82) is 0 Å². The number of benzene rings is 1. The largest absolute Gasteiger partial charge is 0.454 e. The Morgan fingerprint density at radius 2 is 1.89 bits per heavy atom. The van der Waals surface area contributed by atoms with Crippen molar-refractivity contribution in [3.8, 4) is 0 Å². The lowest BCUT2D eigenvalue weighted by Crippen LogP contribution is -2.28. The molecule has 0 aromatic heterocycles. The van der Waals surface area contributed by atoms with Crippen LogP contribution >= 0.6 is 0 Å². The number of cyclic esters (lactones) is 1. The smallest absolute Gasteiger partial charge is 0.306 e. The van der Waals surface area contributed by atoms with Crippen LogP contribution < -0.4 is 0 Å². The maximum absolute atomic E-state index is 13.1. The summed E-state index contributed by atoms with van der Waals surface area (Å²) < 4.78 is 18.7. The summed E-state index contributed by atoms with van der Waals surface area (Å²) >= 11 is 0. The maximum atomic E-state index is 13.1. The van der Waals surface area contributed by atoms with Crippen LogP contribution in [-0.2, 0) is 15.1 Å². The van der Waals surface area contributed by atoms with Crippen LogP contribution in [0.25, 0.3) is 0 Å². The third-order valence-corrected chi connectivity index (χ3v) is 4.51. The first-order valence-corrected chi connectivity index (χ1v) is 7.16. The van der Waals surface area contributed by atoms with Gasteiger partial charge in [0.05, 0.1) is 0 Å². The van der Waals surface area contributed by atoms with E-state index in [1.165, 1.54) is 37.8 Å². The Morgan fingerprint density at radius 1 is 1.21 bits per heavy atom. The Balaban J connectivity index is 1.87. The quantitative estimate of drug-likeness (QED) is 0.771. The van der Waals surface area contributed by atoms with Crippen molar-refractivity contribution < 1.29 is 13.9 Å². The van der Waals surface area contributed by atoms with Crippen molar-refractivity contribution in [3.05, 3.63) is 35.6 Å². The zero-order valence-corrected chi connectivity index (χ0v) is 11.0. The molecule has 1 saturated heterocycles. The molecule has 2 fully saturated rings. The van der Waals surface area contributed by atoms with Gasteiger partial charge in [0.2, 0.25) is 0 Å². The zero-order chi connectivity index (χ0) is 13.3. The fourth-order valence-corrected chi connectivity index (χ4v) is 3.52. The topological polar surface area (TPSA) is 26.3 Å². The molecular weight excluding hydrogens is 243 g/mol. The van der Waals surface area contributed by atoms with Crippen molar-refractivity contribution in [2.75, 3.05) is 0 Å². The number of esters is 1. The summed E-state index contributed by atoms with van der Waals surface area (Å²) in [6, 6.07) is 6.45. The van der Waals surface area contributed by atoms with Gasteiger partial charge in [-0.25, -0.2) is 4.39 Å². The summed E-state index contributed by atoms with van der Waals surface area (Å²) in [5.41, 5.74) is 0.450. The van der Waals surface area contributed by atoms with Gasteiger partial charge in [0.15, 0.2) is 0 Å². The molecule has 3 rings (SSSR count). The van der Waals surface area contributed by atoms with Crippen LogP contribution in [0.2, 0.25) is 0 Å². The molecule has 1 aliphatic heterocycles. The molecule has 0 spiro atoms. The van der Waals surface area contributed by atoms with Gasteiger partial charge in [0.25, 0.3) is 0 Å². The summed E-state index contributed by atoms with van der Waals surface area (Å²) in [4.78, 5) is 11.6. The minimum absolute atomic E-state index is 0.123. The van der Waals surface area contributed by atoms with E-state index in [2.05, 4.69) is 0 Å². The second kappa shape index (κ2) is 4.95. The fourth-order valence-electron chi connectivity index (χ4n) is 3.52. The second-order valence-electron chi connectivity index (χ2n) is 5.83. The van der Waals surface area contributed by atoms with Gasteiger partial charge in [-0.1, -0.05) is 37.8 Å². The van der Waals surface area contributed by atoms with E-state index in [0.29, 0.717) is 12.3 Å². The van der Waals surface area contributed by atoms with E-state index < -0.39 is 5.60 Å². The van der Waals surface area contributed by atoms with Crippen LogP contribution in [0.5, 0.6) is 0 Å². The van der Waals surface area contributed by atoms with Gasteiger partial charge in [-0.15, -0.1) is 0 Å². The molecule has 1 aromatic carbocycles. The van der Waals surface area contributed by atoms with Crippen molar-refractivity contribution in [2.45, 2.75) is 50.5 Å². The highest BCUT2D eigenvalue weighted by atomic mass is 19.1. The molecule has 1 atom stereocenters. The molecule has 0 unspecified atom stereocenters. The Labute approximate surface area is 113 Å². The second-order valence-corrected chi connectivity index (χ2v) is 5.83. The van der Waals surface area contributed by atoms with Gasteiger partial charge in [0, 0.05) is 12.8 Å². The lowest BCUT2D eigenvalue weighted by atomic mass is 9.82. The van der Waals surface area contributed by atoms with E-state index in [1.807, 2.05) is 0 Å². The maximum Gasteiger partial charge on any atom is 0.306 e. The molecule has 1 saturated carbocycles. The predicted octanol–water partition coefficient (Wildman–Crippen LogP) is 3.94. The zero-order valence-electron chi connectivity index (χ0n) is 11.0. The average Bonchev–Trinajstić information content (AvgIpc) is 3.01. The summed E-state index contributed by atoms with van der Waals surface area (Å²) in [7, 11) is 0. The molecule has 19 heavy (non-hydrogen) atoms. The van der Waals surface area contributed by atoms with E-state index >= 15 is 0 Å². The summed E-state index contributed by atoms with van der Waals surface area (Å²) in [5, 5.41) is 0. The molecule has 0 bridgehead atoms. The minimum Gasteiger partial charge on any atom is -0.454 e. The van der Waals surface area contributed by atoms with E-state index in [0.717, 1.165) is 18.4 Å². The summed E-state index contributed by atoms with van der Waals surface area (Å²) in [5.74, 6) is 0.266. The number of hydrogen-bond donors (Lipinski definition) is 0. The number of hydrogen-bond acceptors (Lipinski definition) is 2. The van der Waals surface area contributed by atoms with E-state index in [-0.39, 0.29) is 11.8 Å². The number of ether oxygens (including phenoxy) is 1. The SMILES string of the molecule is O=C1CC[C@](CC2CCCC2)(c2ccc(F)cc2)O1. The van der Waals surface area contributed by atoms with Gasteiger partial charge in [0.1, 0.15) is 11.4 Å². The Bertz CT molecular complexity index is 462. The molecule has 2 nitrogen and oxygen atoms in total. The summed E-state index contributed by atoms with van der Waals surface area (Å²) in [6.07, 6.45) is 7.10. The van der Waals surface area contributed by atoms with Crippen LogP contribution in [0.3, 0.4) is 0 Å². The highest BCUT2D eigenvalue weighted by Gasteiger charge is 2.43. The van der Waals surface area contributed by atoms with E-state index in [1.54, 1.807) is 12.1 Å². The lowest BCUT2D eigenvalue weighted by molar-refractivity contribution is -0.150. The number of carbonyl (C=O) groups is 1. The molecule has 102 valence electrons. The van der Waals surface area contributed by atoms with Gasteiger partial charge >= 0.3 is 5.97 Å². The van der Waals surface area contributed by atoms with Crippen molar-refractivity contribution in [3.63, 3.8) is 0 Å². The molecule has 3 heteroatoms. The number of halogens is 1. The van der Waals surface area contributed by atoms with Gasteiger partial charge in [-0.2, -0.15) is 0 Å². The number of rotatable bonds is 3. The molecule has 0 amide bonds. The van der Waals surface area contributed by atoms with Gasteiger partial charge < -0.3 is 4.74 Å². The van der Waals surface area contributed by atoms with Crippen LogP contribution in [0, 0.1) is 11.7 Å². The monoisotopic (exact) mass is 262 g/mol. The Morgan fingerprint density at radius 3 is 2.47 bits per heavy atom. The van der Waals surface area contributed by atoms with Crippen LogP contribution in [0.15, 0.2) is 24.3 Å². The molecule has 1 aliphatic carbocycles. The third kappa shape index (κ3) is 2.51. The highest BCUT2D eigenvalue weighted by molar-refractivity contribution is 5.72. The first-order valence-electron chi connectivity index (χ1n) is 7.16. The highest BCUT2D eigenvalue weighted by Crippen LogP contribution is 2.45. The van der Waals surface area contributed by atoms with E-state index in [4.69, 9.17) is 4.74 Å². The molecule has 0 N–H and O–H groups in total. The molecule has 0 radical (unpaired) electrons. The van der Waals surface area contributed by atoms with Crippen molar-refractivity contribution in [2.24, 2.45) is 5.92 Å². The molecule has 1 heterocycles. The number of carbonyl (C=O) groups excluding carboxylic acids is 1. The molecular formula is C16H19FO2. The Kier molecular flexibility index (Phi) is 3.29. The predicted molar refractivity (Wildman–Crippen MR) is 70.0 cm³/mol. The van der Waals surface area contributed by atoms with Crippen LogP contribution in [-0.4, -0.2) is 5.97 Å². The first-order chi connectivity index (χ1) is 9.18.